The van der Waals surface area contributed by atoms with Crippen LogP contribution in [0.3, 0.4) is 0 Å². The van der Waals surface area contributed by atoms with Crippen molar-refractivity contribution in [2.24, 2.45) is 0 Å². The van der Waals surface area contributed by atoms with Crippen LogP contribution in [0.15, 0.2) is 23.8 Å². The smallest absolute Gasteiger partial charge is 0.338 e. The van der Waals surface area contributed by atoms with Gasteiger partial charge >= 0.3 is 6.18 Å². The van der Waals surface area contributed by atoms with E-state index >= 15 is 0 Å². The Morgan fingerprint density at radius 3 is 2.44 bits per heavy atom. The summed E-state index contributed by atoms with van der Waals surface area (Å²) in [4.78, 5) is 11.6. The highest BCUT2D eigenvalue weighted by atomic mass is 19.4. The molecule has 0 aromatic heterocycles. The largest absolute Gasteiger partial charge is 0.411 e. The lowest BCUT2D eigenvalue weighted by molar-refractivity contribution is -0.218. The Hall–Kier alpha value is -1.26. The summed E-state index contributed by atoms with van der Waals surface area (Å²) in [7, 11) is 0. The Labute approximate surface area is 91.2 Å². The van der Waals surface area contributed by atoms with Gasteiger partial charge in [0.2, 0.25) is 5.91 Å². The first-order valence-corrected chi connectivity index (χ1v) is 5.20. The Morgan fingerprint density at radius 2 is 2.06 bits per heavy atom. The molecule has 0 unspecified atom stereocenters. The van der Waals surface area contributed by atoms with Gasteiger partial charge in [0.1, 0.15) is 5.54 Å². The molecule has 1 saturated carbocycles. The third kappa shape index (κ3) is 1.74. The molecule has 0 aromatic carbocycles. The monoisotopic (exact) mass is 231 g/mol. The van der Waals surface area contributed by atoms with Crippen LogP contribution in [0.5, 0.6) is 0 Å². The van der Waals surface area contributed by atoms with Crippen molar-refractivity contribution in [2.45, 2.75) is 37.4 Å². The molecule has 0 heterocycles. The molecule has 2 aliphatic carbocycles. The third-order valence-corrected chi connectivity index (χ3v) is 3.17. The highest BCUT2D eigenvalue weighted by Crippen LogP contribution is 2.45. The molecule has 1 N–H and O–H groups in total. The number of hydrogen-bond acceptors (Lipinski definition) is 1. The van der Waals surface area contributed by atoms with Gasteiger partial charge in [-0.2, -0.15) is 13.2 Å². The standard InChI is InChI=1S/C11H12F3NO/c12-11(13,14)10(6-3-7-10)15-9(16)8-4-1-2-5-8/h1-2,4H,3,5-7H2,(H,15,16). The summed E-state index contributed by atoms with van der Waals surface area (Å²) in [6.07, 6.45) is 1.53. The number of halogens is 3. The molecule has 0 aliphatic heterocycles. The van der Waals surface area contributed by atoms with E-state index in [-0.39, 0.29) is 12.8 Å². The molecule has 2 aliphatic rings. The molecule has 2 nitrogen and oxygen atoms in total. The first-order chi connectivity index (χ1) is 7.45. The number of nitrogens with one attached hydrogen (secondary N) is 1. The molecular weight excluding hydrogens is 219 g/mol. The van der Waals surface area contributed by atoms with Crippen LogP contribution in [0, 0.1) is 0 Å². The number of carbonyl (C=O) groups excluding carboxylic acids is 1. The highest BCUT2D eigenvalue weighted by molar-refractivity contribution is 5.95. The fourth-order valence-corrected chi connectivity index (χ4v) is 1.92. The Morgan fingerprint density at radius 1 is 1.38 bits per heavy atom. The predicted molar refractivity (Wildman–Crippen MR) is 52.6 cm³/mol. The van der Waals surface area contributed by atoms with Gasteiger partial charge in [0, 0.05) is 5.57 Å². The summed E-state index contributed by atoms with van der Waals surface area (Å²) in [5.74, 6) is -0.595. The van der Waals surface area contributed by atoms with E-state index in [2.05, 4.69) is 5.32 Å². The minimum absolute atomic E-state index is 0.0110. The van der Waals surface area contributed by atoms with Gasteiger partial charge in [-0.15, -0.1) is 0 Å². The van der Waals surface area contributed by atoms with Crippen molar-refractivity contribution in [2.75, 3.05) is 0 Å². The van der Waals surface area contributed by atoms with Crippen LogP contribution in [0.2, 0.25) is 0 Å². The topological polar surface area (TPSA) is 29.1 Å². The van der Waals surface area contributed by atoms with Gasteiger partial charge in [0.15, 0.2) is 0 Å². The number of carbonyl (C=O) groups is 1. The lowest BCUT2D eigenvalue weighted by Crippen LogP contribution is -2.63. The average molecular weight is 231 g/mol. The van der Waals surface area contributed by atoms with Crippen molar-refractivity contribution in [3.8, 4) is 0 Å². The van der Waals surface area contributed by atoms with Crippen molar-refractivity contribution in [3.63, 3.8) is 0 Å². The van der Waals surface area contributed by atoms with E-state index in [9.17, 15) is 18.0 Å². The molecule has 0 spiro atoms. The van der Waals surface area contributed by atoms with Gasteiger partial charge in [-0.3, -0.25) is 4.79 Å². The zero-order valence-electron chi connectivity index (χ0n) is 8.60. The number of amides is 1. The summed E-state index contributed by atoms with van der Waals surface area (Å²) in [5.41, 5.74) is -1.58. The minimum Gasteiger partial charge on any atom is -0.338 e. The van der Waals surface area contributed by atoms with E-state index in [0.717, 1.165) is 0 Å². The number of alkyl halides is 3. The first-order valence-electron chi connectivity index (χ1n) is 5.20. The fraction of sp³-hybridized carbons (Fsp3) is 0.545. The van der Waals surface area contributed by atoms with Gasteiger partial charge in [-0.25, -0.2) is 0 Å². The fourth-order valence-electron chi connectivity index (χ4n) is 1.92. The summed E-state index contributed by atoms with van der Waals surface area (Å²) in [6, 6.07) is 0. The lowest BCUT2D eigenvalue weighted by atomic mass is 9.76. The molecule has 0 atom stereocenters. The molecule has 0 radical (unpaired) electrons. The maximum atomic E-state index is 12.8. The minimum atomic E-state index is -4.35. The van der Waals surface area contributed by atoms with E-state index in [1.807, 2.05) is 0 Å². The van der Waals surface area contributed by atoms with Crippen LogP contribution in [-0.4, -0.2) is 17.6 Å². The second-order valence-corrected chi connectivity index (χ2v) is 4.21. The molecule has 0 saturated heterocycles. The Balaban J connectivity index is 2.05. The molecule has 1 amide bonds. The summed E-state index contributed by atoms with van der Waals surface area (Å²) >= 11 is 0. The van der Waals surface area contributed by atoms with Crippen LogP contribution in [0.25, 0.3) is 0 Å². The van der Waals surface area contributed by atoms with Crippen LogP contribution in [0.1, 0.15) is 25.7 Å². The van der Waals surface area contributed by atoms with E-state index < -0.39 is 17.6 Å². The van der Waals surface area contributed by atoms with Crippen molar-refractivity contribution >= 4 is 5.91 Å². The molecule has 16 heavy (non-hydrogen) atoms. The number of allylic oxidation sites excluding steroid dienone is 3. The summed E-state index contributed by atoms with van der Waals surface area (Å²) < 4.78 is 38.3. The second kappa shape index (κ2) is 3.64. The van der Waals surface area contributed by atoms with Gasteiger partial charge in [-0.05, 0) is 25.7 Å². The van der Waals surface area contributed by atoms with Crippen LogP contribution in [-0.2, 0) is 4.79 Å². The molecule has 88 valence electrons. The lowest BCUT2D eigenvalue weighted by Gasteiger charge is -2.43. The van der Waals surface area contributed by atoms with Gasteiger partial charge in [0.25, 0.3) is 0 Å². The SMILES string of the molecule is O=C(NC1(C(F)(F)F)CCC1)C1=CC=CC1. The van der Waals surface area contributed by atoms with Crippen LogP contribution < -0.4 is 5.32 Å². The maximum absolute atomic E-state index is 12.8. The van der Waals surface area contributed by atoms with E-state index in [1.54, 1.807) is 18.2 Å². The van der Waals surface area contributed by atoms with Crippen LogP contribution >= 0.6 is 0 Å². The zero-order valence-corrected chi connectivity index (χ0v) is 8.60. The van der Waals surface area contributed by atoms with Crippen molar-refractivity contribution in [1.82, 2.24) is 5.32 Å². The van der Waals surface area contributed by atoms with E-state index in [1.165, 1.54) is 0 Å². The van der Waals surface area contributed by atoms with E-state index in [4.69, 9.17) is 0 Å². The quantitative estimate of drug-likeness (QED) is 0.777. The molecule has 1 fully saturated rings. The maximum Gasteiger partial charge on any atom is 0.411 e. The van der Waals surface area contributed by atoms with E-state index in [0.29, 0.717) is 18.4 Å². The van der Waals surface area contributed by atoms with Crippen molar-refractivity contribution < 1.29 is 18.0 Å². The normalized spacial score (nSPS) is 22.6. The zero-order chi connectivity index (χ0) is 11.8. The highest BCUT2D eigenvalue weighted by Gasteiger charge is 2.59. The van der Waals surface area contributed by atoms with Gasteiger partial charge in [0.05, 0.1) is 0 Å². The molecule has 0 bridgehead atoms. The number of rotatable bonds is 2. The summed E-state index contributed by atoms with van der Waals surface area (Å²) in [6.45, 7) is 0. The predicted octanol–water partition coefficient (Wildman–Crippen LogP) is 2.47. The Kier molecular flexibility index (Phi) is 2.56. The Bertz CT molecular complexity index is 364. The number of hydrogen-bond donors (Lipinski definition) is 1. The van der Waals surface area contributed by atoms with Gasteiger partial charge < -0.3 is 5.32 Å². The molecule has 2 rings (SSSR count). The molecule has 5 heteroatoms. The molecular formula is C11H12F3NO. The summed E-state index contributed by atoms with van der Waals surface area (Å²) in [5, 5.41) is 2.14. The average Bonchev–Trinajstić information content (AvgIpc) is 2.60. The van der Waals surface area contributed by atoms with Gasteiger partial charge in [-0.1, -0.05) is 18.2 Å². The second-order valence-electron chi connectivity index (χ2n) is 4.21. The van der Waals surface area contributed by atoms with Crippen molar-refractivity contribution in [3.05, 3.63) is 23.8 Å². The molecule has 0 aromatic rings. The third-order valence-electron chi connectivity index (χ3n) is 3.17. The first kappa shape index (κ1) is 11.2. The van der Waals surface area contributed by atoms with Crippen LogP contribution in [0.4, 0.5) is 13.2 Å². The van der Waals surface area contributed by atoms with Crippen molar-refractivity contribution in [1.29, 1.82) is 0 Å².